The van der Waals surface area contributed by atoms with Crippen LogP contribution in [0.25, 0.3) is 10.9 Å². The third-order valence-electron chi connectivity index (χ3n) is 2.88. The number of hydrogen-bond acceptors (Lipinski definition) is 1. The molecule has 0 saturated heterocycles. The lowest BCUT2D eigenvalue weighted by molar-refractivity contribution is -0.658. The van der Waals surface area contributed by atoms with Crippen molar-refractivity contribution in [3.8, 4) is 24.7 Å². The fraction of sp³-hybridized carbons (Fsp3) is 0.316. The molecule has 0 amide bonds. The van der Waals surface area contributed by atoms with Crippen molar-refractivity contribution in [3.05, 3.63) is 42.6 Å². The Balaban J connectivity index is 0.000000432. The van der Waals surface area contributed by atoms with E-state index in [0.29, 0.717) is 12.6 Å². The Kier molecular flexibility index (Phi) is 9.96. The third kappa shape index (κ3) is 6.76. The van der Waals surface area contributed by atoms with E-state index in [9.17, 15) is 0 Å². The number of pyridine rings is 1. The SMILES string of the molecule is C#CC(C)NC(C)C.C#CC[n+]1cccc2ccccc21.[Br-]. The molecule has 2 aromatic rings. The molecule has 0 aliphatic rings. The summed E-state index contributed by atoms with van der Waals surface area (Å²) in [5.74, 6) is 5.22. The second-order valence-electron chi connectivity index (χ2n) is 5.11. The van der Waals surface area contributed by atoms with Crippen molar-refractivity contribution < 1.29 is 21.5 Å². The molecule has 1 N–H and O–H groups in total. The molecule has 0 spiro atoms. The predicted octanol–water partition coefficient (Wildman–Crippen LogP) is -0.229. The van der Waals surface area contributed by atoms with Crippen LogP contribution in [-0.4, -0.2) is 12.1 Å². The second-order valence-corrected chi connectivity index (χ2v) is 5.11. The fourth-order valence-corrected chi connectivity index (χ4v) is 2.01. The number of benzene rings is 1. The van der Waals surface area contributed by atoms with Crippen LogP contribution < -0.4 is 26.9 Å². The number of aromatic nitrogens is 1. The van der Waals surface area contributed by atoms with Gasteiger partial charge in [-0.3, -0.25) is 0 Å². The lowest BCUT2D eigenvalue weighted by Gasteiger charge is -2.09. The molecule has 1 heterocycles. The third-order valence-corrected chi connectivity index (χ3v) is 2.88. The number of nitrogens with zero attached hydrogens (tertiary/aromatic N) is 1. The molecule has 116 valence electrons. The molecule has 1 aromatic heterocycles. The number of terminal acetylenes is 2. The zero-order valence-corrected chi connectivity index (χ0v) is 15.0. The molecule has 0 saturated carbocycles. The van der Waals surface area contributed by atoms with E-state index in [-0.39, 0.29) is 23.0 Å². The number of para-hydroxylation sites is 1. The summed E-state index contributed by atoms with van der Waals surface area (Å²) in [7, 11) is 0. The molecule has 0 aliphatic carbocycles. The maximum atomic E-state index is 5.28. The average Bonchev–Trinajstić information content (AvgIpc) is 2.48. The van der Waals surface area contributed by atoms with Gasteiger partial charge in [0.1, 0.15) is 0 Å². The first-order valence-corrected chi connectivity index (χ1v) is 7.11. The Bertz CT molecular complexity index is 645. The quantitative estimate of drug-likeness (QED) is 0.592. The summed E-state index contributed by atoms with van der Waals surface area (Å²) < 4.78 is 2.06. The number of fused-ring (bicyclic) bond motifs is 1. The minimum atomic E-state index is 0. The molecule has 0 fully saturated rings. The monoisotopic (exact) mass is 358 g/mol. The highest BCUT2D eigenvalue weighted by Gasteiger charge is 2.03. The second kappa shape index (κ2) is 10.9. The fourth-order valence-electron chi connectivity index (χ4n) is 2.01. The molecule has 0 aliphatic heterocycles. The van der Waals surface area contributed by atoms with Crippen LogP contribution in [0.1, 0.15) is 20.8 Å². The van der Waals surface area contributed by atoms with Gasteiger partial charge in [-0.05, 0) is 38.8 Å². The Hall–Kier alpha value is -1.81. The van der Waals surface area contributed by atoms with Gasteiger partial charge in [0, 0.05) is 23.6 Å². The summed E-state index contributed by atoms with van der Waals surface area (Å²) in [5, 5.41) is 4.38. The molecule has 2 nitrogen and oxygen atoms in total. The summed E-state index contributed by atoms with van der Waals surface area (Å²) in [5.41, 5.74) is 1.18. The first kappa shape index (κ1) is 20.2. The van der Waals surface area contributed by atoms with Gasteiger partial charge in [0.25, 0.3) is 0 Å². The van der Waals surface area contributed by atoms with Crippen molar-refractivity contribution in [2.45, 2.75) is 39.4 Å². The predicted molar refractivity (Wildman–Crippen MR) is 89.5 cm³/mol. The highest BCUT2D eigenvalue weighted by Crippen LogP contribution is 2.07. The van der Waals surface area contributed by atoms with E-state index in [1.807, 2.05) is 31.3 Å². The summed E-state index contributed by atoms with van der Waals surface area (Å²) in [6, 6.07) is 13.0. The van der Waals surface area contributed by atoms with Gasteiger partial charge in [0.15, 0.2) is 6.20 Å². The molecule has 1 aromatic carbocycles. The molecule has 22 heavy (non-hydrogen) atoms. The largest absolute Gasteiger partial charge is 1.00 e. The molecular weight excluding hydrogens is 336 g/mol. The minimum absolute atomic E-state index is 0. The van der Waals surface area contributed by atoms with E-state index >= 15 is 0 Å². The summed E-state index contributed by atoms with van der Waals surface area (Å²) >= 11 is 0. The number of rotatable bonds is 3. The van der Waals surface area contributed by atoms with E-state index in [1.165, 1.54) is 10.9 Å². The zero-order valence-electron chi connectivity index (χ0n) is 13.4. The first-order valence-electron chi connectivity index (χ1n) is 7.11. The van der Waals surface area contributed by atoms with Gasteiger partial charge in [-0.2, -0.15) is 4.57 Å². The lowest BCUT2D eigenvalue weighted by Crippen LogP contribution is -3.00. The summed E-state index contributed by atoms with van der Waals surface area (Å²) in [6.45, 7) is 6.75. The molecule has 0 radical (unpaired) electrons. The van der Waals surface area contributed by atoms with Crippen molar-refractivity contribution in [1.82, 2.24) is 5.32 Å². The Labute approximate surface area is 144 Å². The van der Waals surface area contributed by atoms with Crippen LogP contribution in [0.2, 0.25) is 0 Å². The maximum Gasteiger partial charge on any atom is 0.213 e. The van der Waals surface area contributed by atoms with Crippen LogP contribution in [0.15, 0.2) is 42.6 Å². The van der Waals surface area contributed by atoms with Crippen LogP contribution in [0, 0.1) is 24.7 Å². The van der Waals surface area contributed by atoms with Crippen molar-refractivity contribution in [2.24, 2.45) is 0 Å². The minimum Gasteiger partial charge on any atom is -1.00 e. The summed E-state index contributed by atoms with van der Waals surface area (Å²) in [4.78, 5) is 0. The van der Waals surface area contributed by atoms with Crippen molar-refractivity contribution in [3.63, 3.8) is 0 Å². The van der Waals surface area contributed by atoms with Crippen molar-refractivity contribution >= 4 is 10.9 Å². The molecule has 0 bridgehead atoms. The van der Waals surface area contributed by atoms with Gasteiger partial charge < -0.3 is 22.3 Å². The number of halogens is 1. The molecule has 3 heteroatoms. The van der Waals surface area contributed by atoms with Crippen molar-refractivity contribution in [1.29, 1.82) is 0 Å². The Morgan fingerprint density at radius 1 is 1.09 bits per heavy atom. The average molecular weight is 359 g/mol. The van der Waals surface area contributed by atoms with Gasteiger partial charge in [-0.15, -0.1) is 12.8 Å². The topological polar surface area (TPSA) is 15.9 Å². The molecule has 2 rings (SSSR count). The van der Waals surface area contributed by atoms with E-state index in [0.717, 1.165) is 0 Å². The standard InChI is InChI=1S/C12H10N.C7H13N.BrH/c1-2-9-13-10-5-7-11-6-3-4-8-12(11)13;1-5-7(4)8-6(2)3;/h1,3-8,10H,9H2;1,6-8H,2-4H3;1H/q+1;;/p-1. The zero-order chi connectivity index (χ0) is 15.7. The van der Waals surface area contributed by atoms with E-state index < -0.39 is 0 Å². The Morgan fingerprint density at radius 2 is 1.73 bits per heavy atom. The van der Waals surface area contributed by atoms with Crippen LogP contribution in [-0.2, 0) is 6.54 Å². The van der Waals surface area contributed by atoms with Gasteiger partial charge in [-0.1, -0.05) is 18.1 Å². The first-order chi connectivity index (χ1) is 10.1. The van der Waals surface area contributed by atoms with E-state index in [4.69, 9.17) is 12.8 Å². The molecule has 1 atom stereocenters. The van der Waals surface area contributed by atoms with Crippen molar-refractivity contribution in [2.75, 3.05) is 0 Å². The Morgan fingerprint density at radius 3 is 2.27 bits per heavy atom. The normalized spacial score (nSPS) is 10.6. The maximum absolute atomic E-state index is 5.28. The van der Waals surface area contributed by atoms with Gasteiger partial charge in [-0.25, -0.2) is 0 Å². The van der Waals surface area contributed by atoms with Gasteiger partial charge in [0.05, 0.1) is 6.04 Å². The van der Waals surface area contributed by atoms with E-state index in [1.54, 1.807) is 0 Å². The van der Waals surface area contributed by atoms with Crippen LogP contribution in [0.3, 0.4) is 0 Å². The molecule has 1 unspecified atom stereocenters. The number of nitrogens with one attached hydrogen (secondary N) is 1. The highest BCUT2D eigenvalue weighted by atomic mass is 79.9. The number of hydrogen-bond donors (Lipinski definition) is 1. The highest BCUT2D eigenvalue weighted by molar-refractivity contribution is 5.74. The van der Waals surface area contributed by atoms with Crippen LogP contribution in [0.4, 0.5) is 0 Å². The lowest BCUT2D eigenvalue weighted by atomic mass is 10.2. The van der Waals surface area contributed by atoms with E-state index in [2.05, 4.69) is 53.8 Å². The van der Waals surface area contributed by atoms with Crippen LogP contribution >= 0.6 is 0 Å². The smallest absolute Gasteiger partial charge is 0.213 e. The van der Waals surface area contributed by atoms with Crippen LogP contribution in [0.5, 0.6) is 0 Å². The van der Waals surface area contributed by atoms with Gasteiger partial charge >= 0.3 is 0 Å². The molecular formula is C19H23BrN2. The summed E-state index contributed by atoms with van der Waals surface area (Å²) in [6.07, 6.45) is 12.4. The van der Waals surface area contributed by atoms with Gasteiger partial charge in [0.2, 0.25) is 12.1 Å².